The second-order valence-corrected chi connectivity index (χ2v) is 4.70. The summed E-state index contributed by atoms with van der Waals surface area (Å²) in [6.45, 7) is 3.94. The molecule has 0 radical (unpaired) electrons. The fourth-order valence-corrected chi connectivity index (χ4v) is 2.70. The van der Waals surface area contributed by atoms with Crippen molar-refractivity contribution in [1.29, 1.82) is 0 Å². The second kappa shape index (κ2) is 2.37. The van der Waals surface area contributed by atoms with E-state index in [0.717, 1.165) is 0 Å². The Morgan fingerprint density at radius 3 is 1.75 bits per heavy atom. The molecule has 2 unspecified atom stereocenters. The highest BCUT2D eigenvalue weighted by atomic mass is 32.1. The first kappa shape index (κ1) is 9.83. The highest BCUT2D eigenvalue weighted by Crippen LogP contribution is 2.60. The molecule has 0 heterocycles. The fourth-order valence-electron chi connectivity index (χ4n) is 1.84. The van der Waals surface area contributed by atoms with E-state index >= 15 is 0 Å². The molecule has 1 rings (SSSR count). The van der Waals surface area contributed by atoms with Gasteiger partial charge in [0.1, 0.15) is 0 Å². The van der Waals surface area contributed by atoms with Crippen molar-refractivity contribution in [1.82, 2.24) is 0 Å². The number of thiocarbonyl (C=S) groups is 2. The lowest BCUT2D eigenvalue weighted by atomic mass is 10.1. The second-order valence-electron chi connectivity index (χ2n) is 3.79. The molecular weight excluding hydrogens is 190 g/mol. The zero-order chi connectivity index (χ0) is 9.73. The van der Waals surface area contributed by atoms with Gasteiger partial charge in [-0.2, -0.15) is 0 Å². The summed E-state index contributed by atoms with van der Waals surface area (Å²) in [4.78, 5) is 0.695. The molecule has 5 heteroatoms. The van der Waals surface area contributed by atoms with Gasteiger partial charge in [-0.15, -0.1) is 0 Å². The van der Waals surface area contributed by atoms with E-state index in [0.29, 0.717) is 9.98 Å². The van der Waals surface area contributed by atoms with Crippen molar-refractivity contribution >= 4 is 34.4 Å². The molecule has 68 valence electrons. The highest BCUT2D eigenvalue weighted by molar-refractivity contribution is 7.81. The zero-order valence-corrected chi connectivity index (χ0v) is 8.76. The van der Waals surface area contributed by atoms with Crippen molar-refractivity contribution in [3.8, 4) is 0 Å². The topological polar surface area (TPSA) is 78.1 Å². The van der Waals surface area contributed by atoms with Crippen LogP contribution in [0.3, 0.4) is 0 Å². The van der Waals surface area contributed by atoms with E-state index in [-0.39, 0.29) is 11.3 Å². The largest absolute Gasteiger partial charge is 0.393 e. The summed E-state index contributed by atoms with van der Waals surface area (Å²) in [6, 6.07) is 0. The van der Waals surface area contributed by atoms with Crippen LogP contribution in [0, 0.1) is 11.3 Å². The van der Waals surface area contributed by atoms with Crippen LogP contribution in [0.1, 0.15) is 13.8 Å². The van der Waals surface area contributed by atoms with Crippen molar-refractivity contribution in [3.63, 3.8) is 0 Å². The molecule has 1 saturated carbocycles. The van der Waals surface area contributed by atoms with E-state index in [1.54, 1.807) is 0 Å². The van der Waals surface area contributed by atoms with Crippen LogP contribution in [0.5, 0.6) is 0 Å². The van der Waals surface area contributed by atoms with Crippen molar-refractivity contribution in [2.24, 2.45) is 28.5 Å². The Bertz CT molecular complexity index is 261. The Hall–Kier alpha value is -0.260. The van der Waals surface area contributed by atoms with Crippen LogP contribution >= 0.6 is 24.4 Å². The minimum atomic E-state index is -0.672. The molecule has 1 aliphatic rings. The van der Waals surface area contributed by atoms with Gasteiger partial charge in [0.15, 0.2) is 0 Å². The summed E-state index contributed by atoms with van der Waals surface area (Å²) >= 11 is 9.76. The van der Waals surface area contributed by atoms with Crippen LogP contribution in [-0.2, 0) is 0 Å². The summed E-state index contributed by atoms with van der Waals surface area (Å²) in [7, 11) is 0. The Morgan fingerprint density at radius 1 is 1.25 bits per heavy atom. The third-order valence-electron chi connectivity index (χ3n) is 2.85. The van der Waals surface area contributed by atoms with Gasteiger partial charge in [-0.1, -0.05) is 38.3 Å². The standard InChI is InChI=1S/C7H13N3S2/c1-6(2)3(4(8)11)7(6,10)5(9)12/h3H,10H2,1-2H3,(H2,8,11)(H2,9,12). The van der Waals surface area contributed by atoms with E-state index in [9.17, 15) is 0 Å². The smallest absolute Gasteiger partial charge is 0.0942 e. The molecular formula is C7H13N3S2. The molecule has 0 bridgehead atoms. The summed E-state index contributed by atoms with van der Waals surface area (Å²) in [5.41, 5.74) is 16.2. The van der Waals surface area contributed by atoms with E-state index < -0.39 is 5.54 Å². The lowest BCUT2D eigenvalue weighted by Crippen LogP contribution is -2.44. The molecule has 0 amide bonds. The first-order chi connectivity index (χ1) is 5.26. The first-order valence-electron chi connectivity index (χ1n) is 3.64. The minimum Gasteiger partial charge on any atom is -0.393 e. The highest BCUT2D eigenvalue weighted by Gasteiger charge is 2.72. The Kier molecular flexibility index (Phi) is 1.94. The van der Waals surface area contributed by atoms with Gasteiger partial charge in [-0.25, -0.2) is 0 Å². The molecule has 2 atom stereocenters. The average Bonchev–Trinajstić information content (AvgIpc) is 2.28. The van der Waals surface area contributed by atoms with Gasteiger partial charge in [0.25, 0.3) is 0 Å². The van der Waals surface area contributed by atoms with Gasteiger partial charge in [0.05, 0.1) is 15.5 Å². The van der Waals surface area contributed by atoms with Crippen LogP contribution in [0.25, 0.3) is 0 Å². The molecule has 0 saturated heterocycles. The van der Waals surface area contributed by atoms with E-state index in [4.69, 9.17) is 41.6 Å². The summed E-state index contributed by atoms with van der Waals surface area (Å²) < 4.78 is 0. The normalized spacial score (nSPS) is 37.4. The quantitative estimate of drug-likeness (QED) is 0.547. The van der Waals surface area contributed by atoms with Crippen LogP contribution in [-0.4, -0.2) is 15.5 Å². The van der Waals surface area contributed by atoms with Crippen molar-refractivity contribution in [3.05, 3.63) is 0 Å². The Morgan fingerprint density at radius 2 is 1.67 bits per heavy atom. The molecule has 0 aromatic carbocycles. The van der Waals surface area contributed by atoms with Crippen LogP contribution < -0.4 is 17.2 Å². The maximum absolute atomic E-state index is 5.98. The van der Waals surface area contributed by atoms with E-state index in [1.165, 1.54) is 0 Å². The minimum absolute atomic E-state index is 0.0579. The van der Waals surface area contributed by atoms with Gasteiger partial charge in [0.2, 0.25) is 0 Å². The van der Waals surface area contributed by atoms with Crippen molar-refractivity contribution in [2.45, 2.75) is 19.4 Å². The third kappa shape index (κ3) is 0.901. The molecule has 3 nitrogen and oxygen atoms in total. The number of nitrogens with two attached hydrogens (primary N) is 3. The third-order valence-corrected chi connectivity index (χ3v) is 3.43. The lowest BCUT2D eigenvalue weighted by molar-refractivity contribution is 0.569. The molecule has 12 heavy (non-hydrogen) atoms. The zero-order valence-electron chi connectivity index (χ0n) is 7.13. The van der Waals surface area contributed by atoms with Crippen molar-refractivity contribution < 1.29 is 0 Å². The number of hydrogen-bond acceptors (Lipinski definition) is 3. The van der Waals surface area contributed by atoms with Gasteiger partial charge < -0.3 is 17.2 Å². The van der Waals surface area contributed by atoms with Crippen LogP contribution in [0.2, 0.25) is 0 Å². The molecule has 1 aliphatic carbocycles. The van der Waals surface area contributed by atoms with Gasteiger partial charge >= 0.3 is 0 Å². The molecule has 0 spiro atoms. The SMILES string of the molecule is CC1(C)C(C(N)=S)C1(N)C(N)=S. The molecule has 0 aromatic rings. The Labute approximate surface area is 82.7 Å². The number of hydrogen-bond donors (Lipinski definition) is 3. The fraction of sp³-hybridized carbons (Fsp3) is 0.714. The van der Waals surface area contributed by atoms with E-state index in [2.05, 4.69) is 0 Å². The van der Waals surface area contributed by atoms with Gasteiger partial charge in [-0.3, -0.25) is 0 Å². The van der Waals surface area contributed by atoms with E-state index in [1.807, 2.05) is 13.8 Å². The van der Waals surface area contributed by atoms with Gasteiger partial charge in [0, 0.05) is 11.3 Å². The predicted molar refractivity (Wildman–Crippen MR) is 57.8 cm³/mol. The maximum atomic E-state index is 5.98. The number of rotatable bonds is 2. The summed E-state index contributed by atoms with van der Waals surface area (Å²) in [5.74, 6) is -0.0579. The molecule has 1 fully saturated rings. The molecule has 6 N–H and O–H groups in total. The maximum Gasteiger partial charge on any atom is 0.0942 e. The van der Waals surface area contributed by atoms with Crippen LogP contribution in [0.4, 0.5) is 0 Å². The van der Waals surface area contributed by atoms with Crippen LogP contribution in [0.15, 0.2) is 0 Å². The molecule has 0 aromatic heterocycles. The first-order valence-corrected chi connectivity index (χ1v) is 4.46. The summed E-state index contributed by atoms with van der Waals surface area (Å²) in [5, 5.41) is 0. The van der Waals surface area contributed by atoms with Gasteiger partial charge in [-0.05, 0) is 0 Å². The average molecular weight is 203 g/mol. The summed E-state index contributed by atoms with van der Waals surface area (Å²) in [6.07, 6.45) is 0. The van der Waals surface area contributed by atoms with Crippen molar-refractivity contribution in [2.75, 3.05) is 0 Å². The predicted octanol–water partition coefficient (Wildman–Crippen LogP) is -0.0879. The Balaban J connectivity index is 2.99. The monoisotopic (exact) mass is 203 g/mol. The molecule has 0 aliphatic heterocycles. The lowest BCUT2D eigenvalue weighted by Gasteiger charge is -2.11.